The van der Waals surface area contributed by atoms with Crippen molar-refractivity contribution in [3.8, 4) is 0 Å². The summed E-state index contributed by atoms with van der Waals surface area (Å²) in [6, 6.07) is 6.47. The molecule has 1 saturated carbocycles. The van der Waals surface area contributed by atoms with Crippen molar-refractivity contribution < 1.29 is 9.18 Å². The van der Waals surface area contributed by atoms with Crippen molar-refractivity contribution in [3.05, 3.63) is 35.6 Å². The van der Waals surface area contributed by atoms with Gasteiger partial charge in [-0.15, -0.1) is 12.4 Å². The summed E-state index contributed by atoms with van der Waals surface area (Å²) in [5.41, 5.74) is 0.517. The smallest absolute Gasteiger partial charge is 0.234 e. The van der Waals surface area contributed by atoms with Gasteiger partial charge >= 0.3 is 0 Å². The molecule has 0 aromatic heterocycles. The molecule has 18 heavy (non-hydrogen) atoms. The molecule has 1 amide bonds. The highest BCUT2D eigenvalue weighted by atomic mass is 35.5. The Morgan fingerprint density at radius 1 is 1.33 bits per heavy atom. The van der Waals surface area contributed by atoms with E-state index in [1.165, 1.54) is 18.9 Å². The third-order valence-electron chi connectivity index (χ3n) is 2.85. The molecule has 0 heterocycles. The van der Waals surface area contributed by atoms with E-state index >= 15 is 0 Å². The van der Waals surface area contributed by atoms with Gasteiger partial charge < -0.3 is 10.6 Å². The molecule has 0 spiro atoms. The minimum Gasteiger partial charge on any atom is -0.351 e. The summed E-state index contributed by atoms with van der Waals surface area (Å²) in [6.45, 7) is 1.47. The Bertz CT molecular complexity index is 396. The Kier molecular flexibility index (Phi) is 6.09. The van der Waals surface area contributed by atoms with Gasteiger partial charge in [-0.25, -0.2) is 4.39 Å². The number of carbonyl (C=O) groups excluding carboxylic acids is 1. The number of amides is 1. The molecule has 0 unspecified atom stereocenters. The number of carbonyl (C=O) groups is 1. The molecule has 1 fully saturated rings. The van der Waals surface area contributed by atoms with Gasteiger partial charge in [0.05, 0.1) is 6.54 Å². The molecular weight excluding hydrogens is 255 g/mol. The SMILES string of the molecule is Cl.O=C(CNCC1CC1)NCc1ccccc1F. The van der Waals surface area contributed by atoms with E-state index in [0.717, 1.165) is 12.5 Å². The summed E-state index contributed by atoms with van der Waals surface area (Å²) < 4.78 is 13.2. The summed E-state index contributed by atoms with van der Waals surface area (Å²) in [7, 11) is 0. The zero-order valence-electron chi connectivity index (χ0n) is 10.1. The summed E-state index contributed by atoms with van der Waals surface area (Å²) in [6.07, 6.45) is 2.54. The molecule has 100 valence electrons. The second-order valence-electron chi connectivity index (χ2n) is 4.44. The summed E-state index contributed by atoms with van der Waals surface area (Å²) in [4.78, 5) is 11.4. The van der Waals surface area contributed by atoms with Crippen LogP contribution in [0.25, 0.3) is 0 Å². The van der Waals surface area contributed by atoms with Crippen molar-refractivity contribution in [2.75, 3.05) is 13.1 Å². The van der Waals surface area contributed by atoms with E-state index in [1.54, 1.807) is 18.2 Å². The molecule has 1 aromatic carbocycles. The maximum atomic E-state index is 13.2. The predicted molar refractivity (Wildman–Crippen MR) is 71.1 cm³/mol. The lowest BCUT2D eigenvalue weighted by atomic mass is 10.2. The third kappa shape index (κ3) is 5.02. The number of benzene rings is 1. The van der Waals surface area contributed by atoms with Gasteiger partial charge in [-0.3, -0.25) is 4.79 Å². The van der Waals surface area contributed by atoms with Gasteiger partial charge in [0.15, 0.2) is 0 Å². The average molecular weight is 273 g/mol. The molecular formula is C13H18ClFN2O. The normalized spacial score (nSPS) is 13.8. The van der Waals surface area contributed by atoms with Gasteiger partial charge in [0.1, 0.15) is 5.82 Å². The van der Waals surface area contributed by atoms with Crippen LogP contribution in [0.4, 0.5) is 4.39 Å². The van der Waals surface area contributed by atoms with Crippen molar-refractivity contribution in [1.29, 1.82) is 0 Å². The van der Waals surface area contributed by atoms with Crippen LogP contribution in [0, 0.1) is 11.7 Å². The minimum atomic E-state index is -0.279. The first-order valence-electron chi connectivity index (χ1n) is 5.96. The number of hydrogen-bond acceptors (Lipinski definition) is 2. The molecule has 5 heteroatoms. The van der Waals surface area contributed by atoms with Gasteiger partial charge in [0, 0.05) is 12.1 Å². The maximum absolute atomic E-state index is 13.2. The first kappa shape index (κ1) is 14.9. The van der Waals surface area contributed by atoms with Gasteiger partial charge in [0.25, 0.3) is 0 Å². The van der Waals surface area contributed by atoms with Crippen LogP contribution in [0.2, 0.25) is 0 Å². The molecule has 2 N–H and O–H groups in total. The second kappa shape index (κ2) is 7.34. The number of rotatable bonds is 6. The highest BCUT2D eigenvalue weighted by Crippen LogP contribution is 2.27. The van der Waals surface area contributed by atoms with Crippen LogP contribution in [-0.4, -0.2) is 19.0 Å². The van der Waals surface area contributed by atoms with Gasteiger partial charge in [-0.2, -0.15) is 0 Å². The van der Waals surface area contributed by atoms with Crippen LogP contribution < -0.4 is 10.6 Å². The van der Waals surface area contributed by atoms with E-state index in [2.05, 4.69) is 10.6 Å². The molecule has 0 atom stereocenters. The van der Waals surface area contributed by atoms with Crippen LogP contribution in [0.3, 0.4) is 0 Å². The van der Waals surface area contributed by atoms with E-state index < -0.39 is 0 Å². The lowest BCUT2D eigenvalue weighted by Crippen LogP contribution is -2.34. The molecule has 0 bridgehead atoms. The quantitative estimate of drug-likeness (QED) is 0.830. The average Bonchev–Trinajstić information content (AvgIpc) is 3.12. The van der Waals surface area contributed by atoms with Gasteiger partial charge in [-0.1, -0.05) is 18.2 Å². The lowest BCUT2D eigenvalue weighted by molar-refractivity contribution is -0.120. The van der Waals surface area contributed by atoms with Crippen molar-refractivity contribution in [3.63, 3.8) is 0 Å². The Hall–Kier alpha value is -1.13. The Labute approximate surface area is 113 Å². The second-order valence-corrected chi connectivity index (χ2v) is 4.44. The molecule has 1 aromatic rings. The maximum Gasteiger partial charge on any atom is 0.234 e. The van der Waals surface area contributed by atoms with Crippen LogP contribution in [0.5, 0.6) is 0 Å². The van der Waals surface area contributed by atoms with E-state index in [-0.39, 0.29) is 30.7 Å². The molecule has 0 radical (unpaired) electrons. The van der Waals surface area contributed by atoms with Gasteiger partial charge in [-0.05, 0) is 31.4 Å². The zero-order chi connectivity index (χ0) is 12.1. The van der Waals surface area contributed by atoms with Crippen LogP contribution in [-0.2, 0) is 11.3 Å². The van der Waals surface area contributed by atoms with Crippen molar-refractivity contribution in [2.45, 2.75) is 19.4 Å². The fraction of sp³-hybridized carbons (Fsp3) is 0.462. The number of halogens is 2. The van der Waals surface area contributed by atoms with E-state index in [0.29, 0.717) is 12.1 Å². The molecule has 0 aliphatic heterocycles. The molecule has 2 rings (SSSR count). The topological polar surface area (TPSA) is 41.1 Å². The molecule has 1 aliphatic carbocycles. The lowest BCUT2D eigenvalue weighted by Gasteiger charge is -2.07. The number of nitrogens with one attached hydrogen (secondary N) is 2. The first-order chi connectivity index (χ1) is 8.25. The summed E-state index contributed by atoms with van der Waals surface area (Å²) >= 11 is 0. The minimum absolute atomic E-state index is 0. The summed E-state index contributed by atoms with van der Waals surface area (Å²) in [5, 5.41) is 5.78. The number of hydrogen-bond donors (Lipinski definition) is 2. The highest BCUT2D eigenvalue weighted by Gasteiger charge is 2.20. The highest BCUT2D eigenvalue weighted by molar-refractivity contribution is 5.85. The Balaban J connectivity index is 0.00000162. The third-order valence-corrected chi connectivity index (χ3v) is 2.85. The van der Waals surface area contributed by atoms with Gasteiger partial charge in [0.2, 0.25) is 5.91 Å². The fourth-order valence-electron chi connectivity index (χ4n) is 1.61. The van der Waals surface area contributed by atoms with Crippen LogP contribution >= 0.6 is 12.4 Å². The zero-order valence-corrected chi connectivity index (χ0v) is 10.9. The standard InChI is InChI=1S/C13H17FN2O.ClH/c14-12-4-2-1-3-11(12)8-16-13(17)9-15-7-10-5-6-10;/h1-4,10,15H,5-9H2,(H,16,17);1H. The fourth-order valence-corrected chi connectivity index (χ4v) is 1.61. The van der Waals surface area contributed by atoms with E-state index in [1.807, 2.05) is 0 Å². The monoisotopic (exact) mass is 272 g/mol. The van der Waals surface area contributed by atoms with Crippen molar-refractivity contribution in [2.24, 2.45) is 5.92 Å². The first-order valence-corrected chi connectivity index (χ1v) is 5.96. The molecule has 3 nitrogen and oxygen atoms in total. The Morgan fingerprint density at radius 2 is 2.06 bits per heavy atom. The van der Waals surface area contributed by atoms with Crippen LogP contribution in [0.15, 0.2) is 24.3 Å². The molecule has 1 aliphatic rings. The van der Waals surface area contributed by atoms with Crippen molar-refractivity contribution in [1.82, 2.24) is 10.6 Å². The largest absolute Gasteiger partial charge is 0.351 e. The van der Waals surface area contributed by atoms with Crippen molar-refractivity contribution >= 4 is 18.3 Å². The predicted octanol–water partition coefficient (Wildman–Crippen LogP) is 1.86. The van der Waals surface area contributed by atoms with Crippen LogP contribution in [0.1, 0.15) is 18.4 Å². The van der Waals surface area contributed by atoms with E-state index in [4.69, 9.17) is 0 Å². The van der Waals surface area contributed by atoms with E-state index in [9.17, 15) is 9.18 Å². The Morgan fingerprint density at radius 3 is 2.72 bits per heavy atom. The summed E-state index contributed by atoms with van der Waals surface area (Å²) in [5.74, 6) is 0.391. The molecule has 0 saturated heterocycles.